The summed E-state index contributed by atoms with van der Waals surface area (Å²) in [5.41, 5.74) is 1.01. The van der Waals surface area contributed by atoms with Gasteiger partial charge in [-0.2, -0.15) is 0 Å². The van der Waals surface area contributed by atoms with Crippen molar-refractivity contribution in [1.29, 1.82) is 0 Å². The van der Waals surface area contributed by atoms with Crippen LogP contribution >= 0.6 is 15.9 Å². The Morgan fingerprint density at radius 3 is 2.64 bits per heavy atom. The molecule has 1 rings (SSSR count). The second-order valence-electron chi connectivity index (χ2n) is 2.99. The zero-order valence-corrected chi connectivity index (χ0v) is 10.2. The second-order valence-corrected chi connectivity index (χ2v) is 3.64. The van der Waals surface area contributed by atoms with Gasteiger partial charge in [-0.15, -0.1) is 0 Å². The fourth-order valence-corrected chi connectivity index (χ4v) is 1.63. The molecule has 78 valence electrons. The number of hydrogen-bond acceptors (Lipinski definition) is 3. The van der Waals surface area contributed by atoms with Crippen LogP contribution < -0.4 is 9.47 Å². The predicted molar refractivity (Wildman–Crippen MR) is 59.6 cm³/mol. The molecular formula is C10H14BrNO2. The van der Waals surface area contributed by atoms with E-state index in [-0.39, 0.29) is 0 Å². The van der Waals surface area contributed by atoms with Crippen LogP contribution in [0.3, 0.4) is 0 Å². The molecule has 4 heteroatoms. The van der Waals surface area contributed by atoms with Gasteiger partial charge in [0, 0.05) is 11.5 Å². The zero-order chi connectivity index (χ0) is 10.6. The van der Waals surface area contributed by atoms with E-state index in [4.69, 9.17) is 9.47 Å². The van der Waals surface area contributed by atoms with E-state index in [0.29, 0.717) is 11.8 Å². The SMILES string of the molecule is COc1ccnc(OC)c1C(C)CBr. The number of pyridine rings is 1. The molecule has 1 aromatic heterocycles. The average molecular weight is 260 g/mol. The normalized spacial score (nSPS) is 12.3. The van der Waals surface area contributed by atoms with Gasteiger partial charge in [-0.05, 0) is 12.0 Å². The van der Waals surface area contributed by atoms with Crippen LogP contribution in [-0.4, -0.2) is 24.5 Å². The largest absolute Gasteiger partial charge is 0.496 e. The van der Waals surface area contributed by atoms with E-state index in [1.807, 2.05) is 6.07 Å². The minimum atomic E-state index is 0.314. The lowest BCUT2D eigenvalue weighted by Crippen LogP contribution is -2.03. The van der Waals surface area contributed by atoms with E-state index in [0.717, 1.165) is 16.6 Å². The molecule has 0 aliphatic heterocycles. The maximum Gasteiger partial charge on any atom is 0.220 e. The van der Waals surface area contributed by atoms with E-state index in [9.17, 15) is 0 Å². The highest BCUT2D eigenvalue weighted by atomic mass is 79.9. The summed E-state index contributed by atoms with van der Waals surface area (Å²) in [6.07, 6.45) is 1.68. The Balaban J connectivity index is 3.18. The fraction of sp³-hybridized carbons (Fsp3) is 0.500. The molecule has 1 aromatic rings. The van der Waals surface area contributed by atoms with Crippen LogP contribution in [0.4, 0.5) is 0 Å². The quantitative estimate of drug-likeness (QED) is 0.780. The zero-order valence-electron chi connectivity index (χ0n) is 8.58. The molecule has 0 radical (unpaired) electrons. The third kappa shape index (κ3) is 2.18. The summed E-state index contributed by atoms with van der Waals surface area (Å²) in [6.45, 7) is 2.09. The smallest absolute Gasteiger partial charge is 0.220 e. The van der Waals surface area contributed by atoms with Gasteiger partial charge in [0.25, 0.3) is 0 Å². The Hall–Kier alpha value is -0.770. The van der Waals surface area contributed by atoms with E-state index in [1.165, 1.54) is 0 Å². The van der Waals surface area contributed by atoms with Crippen molar-refractivity contribution in [3.63, 3.8) is 0 Å². The van der Waals surface area contributed by atoms with Gasteiger partial charge in [-0.3, -0.25) is 0 Å². The van der Waals surface area contributed by atoms with Gasteiger partial charge in [-0.25, -0.2) is 4.98 Å². The summed E-state index contributed by atoms with van der Waals surface area (Å²) in [6, 6.07) is 1.84. The molecule has 0 bridgehead atoms. The van der Waals surface area contributed by atoms with Crippen molar-refractivity contribution in [2.75, 3.05) is 19.5 Å². The lowest BCUT2D eigenvalue weighted by Gasteiger charge is -2.15. The molecule has 0 N–H and O–H groups in total. The third-order valence-corrected chi connectivity index (χ3v) is 3.02. The van der Waals surface area contributed by atoms with Gasteiger partial charge >= 0.3 is 0 Å². The van der Waals surface area contributed by atoms with Gasteiger partial charge in [0.15, 0.2) is 0 Å². The number of halogens is 1. The molecule has 1 atom stereocenters. The molecule has 0 spiro atoms. The fourth-order valence-electron chi connectivity index (χ4n) is 1.31. The summed E-state index contributed by atoms with van der Waals surface area (Å²) < 4.78 is 10.5. The Labute approximate surface area is 92.6 Å². The first-order chi connectivity index (χ1) is 6.74. The molecule has 0 saturated heterocycles. The highest BCUT2D eigenvalue weighted by Gasteiger charge is 2.16. The Bertz CT molecular complexity index is 282. The molecular weight excluding hydrogens is 246 g/mol. The summed E-state index contributed by atoms with van der Waals surface area (Å²) in [4.78, 5) is 4.15. The van der Waals surface area contributed by atoms with E-state index in [1.54, 1.807) is 20.4 Å². The minimum Gasteiger partial charge on any atom is -0.496 e. The van der Waals surface area contributed by atoms with E-state index >= 15 is 0 Å². The van der Waals surface area contributed by atoms with Crippen molar-refractivity contribution in [1.82, 2.24) is 4.98 Å². The summed E-state index contributed by atoms with van der Waals surface area (Å²) >= 11 is 3.44. The molecule has 0 saturated carbocycles. The number of hydrogen-bond donors (Lipinski definition) is 0. The summed E-state index contributed by atoms with van der Waals surface area (Å²) in [5, 5.41) is 0.853. The van der Waals surface area contributed by atoms with Crippen LogP contribution in [0, 0.1) is 0 Å². The maximum absolute atomic E-state index is 5.27. The molecule has 0 amide bonds. The third-order valence-electron chi connectivity index (χ3n) is 2.05. The van der Waals surface area contributed by atoms with E-state index < -0.39 is 0 Å². The van der Waals surface area contributed by atoms with Gasteiger partial charge in [0.2, 0.25) is 5.88 Å². The molecule has 14 heavy (non-hydrogen) atoms. The first kappa shape index (κ1) is 11.3. The van der Waals surface area contributed by atoms with Gasteiger partial charge in [-0.1, -0.05) is 22.9 Å². The van der Waals surface area contributed by atoms with Crippen LogP contribution in [-0.2, 0) is 0 Å². The molecule has 1 heterocycles. The van der Waals surface area contributed by atoms with Crippen molar-refractivity contribution in [3.05, 3.63) is 17.8 Å². The number of alkyl halides is 1. The Morgan fingerprint density at radius 2 is 2.14 bits per heavy atom. The molecule has 1 unspecified atom stereocenters. The average Bonchev–Trinajstić information content (AvgIpc) is 2.26. The number of aromatic nitrogens is 1. The molecule has 3 nitrogen and oxygen atoms in total. The summed E-state index contributed by atoms with van der Waals surface area (Å²) in [5.74, 6) is 1.77. The van der Waals surface area contributed by atoms with Crippen molar-refractivity contribution >= 4 is 15.9 Å². The van der Waals surface area contributed by atoms with Crippen LogP contribution in [0.2, 0.25) is 0 Å². The van der Waals surface area contributed by atoms with Crippen LogP contribution in [0.1, 0.15) is 18.4 Å². The topological polar surface area (TPSA) is 31.4 Å². The van der Waals surface area contributed by atoms with E-state index in [2.05, 4.69) is 27.8 Å². The van der Waals surface area contributed by atoms with Crippen molar-refractivity contribution in [2.45, 2.75) is 12.8 Å². The van der Waals surface area contributed by atoms with Crippen molar-refractivity contribution < 1.29 is 9.47 Å². The van der Waals surface area contributed by atoms with Gasteiger partial charge < -0.3 is 9.47 Å². The highest BCUT2D eigenvalue weighted by molar-refractivity contribution is 9.09. The summed E-state index contributed by atoms with van der Waals surface area (Å²) in [7, 11) is 3.27. The maximum atomic E-state index is 5.27. The number of rotatable bonds is 4. The Morgan fingerprint density at radius 1 is 1.43 bits per heavy atom. The first-order valence-corrected chi connectivity index (χ1v) is 5.49. The lowest BCUT2D eigenvalue weighted by atomic mass is 10.0. The number of nitrogens with zero attached hydrogens (tertiary/aromatic N) is 1. The van der Waals surface area contributed by atoms with Crippen LogP contribution in [0.25, 0.3) is 0 Å². The predicted octanol–water partition coefficient (Wildman–Crippen LogP) is 2.60. The Kier molecular flexibility index (Phi) is 4.20. The highest BCUT2D eigenvalue weighted by Crippen LogP contribution is 2.33. The minimum absolute atomic E-state index is 0.314. The first-order valence-electron chi connectivity index (χ1n) is 4.37. The van der Waals surface area contributed by atoms with Gasteiger partial charge in [0.05, 0.1) is 19.8 Å². The lowest BCUT2D eigenvalue weighted by molar-refractivity contribution is 0.370. The molecule has 0 aromatic carbocycles. The molecule has 0 aliphatic carbocycles. The molecule has 0 fully saturated rings. The molecule has 0 aliphatic rings. The number of ether oxygens (including phenoxy) is 2. The number of methoxy groups -OCH3 is 2. The second kappa shape index (κ2) is 5.20. The van der Waals surface area contributed by atoms with Gasteiger partial charge in [0.1, 0.15) is 5.75 Å². The van der Waals surface area contributed by atoms with Crippen LogP contribution in [0.5, 0.6) is 11.6 Å². The van der Waals surface area contributed by atoms with Crippen molar-refractivity contribution in [2.24, 2.45) is 0 Å². The standard InChI is InChI=1S/C10H14BrNO2/c1-7(6-11)9-8(13-2)4-5-12-10(9)14-3/h4-5,7H,6H2,1-3H3. The van der Waals surface area contributed by atoms with Crippen molar-refractivity contribution in [3.8, 4) is 11.6 Å². The monoisotopic (exact) mass is 259 g/mol. The van der Waals surface area contributed by atoms with Crippen LogP contribution in [0.15, 0.2) is 12.3 Å².